The van der Waals surface area contributed by atoms with E-state index in [0.29, 0.717) is 11.7 Å². The highest BCUT2D eigenvalue weighted by molar-refractivity contribution is 9.10. The van der Waals surface area contributed by atoms with Gasteiger partial charge in [-0.3, -0.25) is 0 Å². The van der Waals surface area contributed by atoms with Gasteiger partial charge in [0.15, 0.2) is 0 Å². The lowest BCUT2D eigenvalue weighted by Crippen LogP contribution is -2.41. The third kappa shape index (κ3) is 4.28. The zero-order valence-electron chi connectivity index (χ0n) is 15.5. The van der Waals surface area contributed by atoms with Gasteiger partial charge >= 0.3 is 6.09 Å². The average molecular weight is 424 g/mol. The SMILES string of the molecule is CC(C)(C)OC(=O)N1CCC(CCn2cc(Br)c3c(N)ncnc32)CC1. The van der Waals surface area contributed by atoms with Crippen molar-refractivity contribution in [1.82, 2.24) is 19.4 Å². The third-order valence-corrected chi connectivity index (χ3v) is 5.28. The average Bonchev–Trinajstić information content (AvgIpc) is 2.89. The van der Waals surface area contributed by atoms with Crippen LogP contribution in [-0.2, 0) is 11.3 Å². The van der Waals surface area contributed by atoms with Gasteiger partial charge in [-0.1, -0.05) is 0 Å². The first-order valence-electron chi connectivity index (χ1n) is 8.97. The summed E-state index contributed by atoms with van der Waals surface area (Å²) in [4.78, 5) is 22.4. The van der Waals surface area contributed by atoms with E-state index in [-0.39, 0.29) is 6.09 Å². The Morgan fingerprint density at radius 3 is 2.69 bits per heavy atom. The molecule has 0 spiro atoms. The van der Waals surface area contributed by atoms with Crippen LogP contribution in [0.15, 0.2) is 17.0 Å². The zero-order chi connectivity index (χ0) is 18.9. The second kappa shape index (κ2) is 7.42. The fourth-order valence-corrected chi connectivity index (χ4v) is 3.95. The van der Waals surface area contributed by atoms with Crippen LogP contribution in [-0.4, -0.2) is 44.2 Å². The molecule has 7 nitrogen and oxygen atoms in total. The molecule has 0 aromatic carbocycles. The number of aromatic nitrogens is 3. The van der Waals surface area contributed by atoms with Crippen LogP contribution in [0.4, 0.5) is 10.6 Å². The normalized spacial score (nSPS) is 16.2. The first kappa shape index (κ1) is 18.9. The highest BCUT2D eigenvalue weighted by Gasteiger charge is 2.26. The predicted molar refractivity (Wildman–Crippen MR) is 105 cm³/mol. The number of carbonyl (C=O) groups excluding carboxylic acids is 1. The number of ether oxygens (including phenoxy) is 1. The number of hydrogen-bond acceptors (Lipinski definition) is 5. The molecule has 8 heteroatoms. The van der Waals surface area contributed by atoms with Crippen LogP contribution in [0.25, 0.3) is 11.0 Å². The molecule has 2 aromatic rings. The molecule has 0 aliphatic carbocycles. The van der Waals surface area contributed by atoms with Gasteiger partial charge < -0.3 is 19.9 Å². The van der Waals surface area contributed by atoms with Crippen LogP contribution in [0.1, 0.15) is 40.0 Å². The summed E-state index contributed by atoms with van der Waals surface area (Å²) in [5.41, 5.74) is 6.37. The van der Waals surface area contributed by atoms with Crippen molar-refractivity contribution in [3.63, 3.8) is 0 Å². The van der Waals surface area contributed by atoms with Gasteiger partial charge in [-0.2, -0.15) is 0 Å². The van der Waals surface area contributed by atoms with Crippen molar-refractivity contribution in [3.05, 3.63) is 17.0 Å². The van der Waals surface area contributed by atoms with Gasteiger partial charge in [-0.15, -0.1) is 0 Å². The Labute approximate surface area is 162 Å². The fourth-order valence-electron chi connectivity index (χ4n) is 3.32. The molecule has 0 radical (unpaired) electrons. The minimum absolute atomic E-state index is 0.205. The Balaban J connectivity index is 1.55. The summed E-state index contributed by atoms with van der Waals surface area (Å²) >= 11 is 3.54. The van der Waals surface area contributed by atoms with E-state index in [1.165, 1.54) is 6.33 Å². The largest absolute Gasteiger partial charge is 0.444 e. The molecule has 1 fully saturated rings. The lowest BCUT2D eigenvalue weighted by atomic mass is 9.94. The van der Waals surface area contributed by atoms with Gasteiger partial charge in [0.05, 0.1) is 5.39 Å². The number of aryl methyl sites for hydroxylation is 1. The Morgan fingerprint density at radius 1 is 1.35 bits per heavy atom. The molecular formula is C18H26BrN5O2. The number of hydrogen-bond donors (Lipinski definition) is 1. The maximum atomic E-state index is 12.1. The minimum atomic E-state index is -0.444. The highest BCUT2D eigenvalue weighted by atomic mass is 79.9. The van der Waals surface area contributed by atoms with E-state index in [9.17, 15) is 4.79 Å². The van der Waals surface area contributed by atoms with Crippen LogP contribution < -0.4 is 5.73 Å². The van der Waals surface area contributed by atoms with E-state index in [1.807, 2.05) is 31.9 Å². The quantitative estimate of drug-likeness (QED) is 0.810. The number of fused-ring (bicyclic) bond motifs is 1. The van der Waals surface area contributed by atoms with E-state index < -0.39 is 5.60 Å². The van der Waals surface area contributed by atoms with Gasteiger partial charge in [0.1, 0.15) is 23.4 Å². The van der Waals surface area contributed by atoms with E-state index >= 15 is 0 Å². The number of amides is 1. The summed E-state index contributed by atoms with van der Waals surface area (Å²) in [6.07, 6.45) is 6.35. The van der Waals surface area contributed by atoms with Crippen molar-refractivity contribution in [3.8, 4) is 0 Å². The smallest absolute Gasteiger partial charge is 0.410 e. The number of likely N-dealkylation sites (tertiary alicyclic amines) is 1. The molecule has 1 saturated heterocycles. The summed E-state index contributed by atoms with van der Waals surface area (Å²) in [5.74, 6) is 1.08. The maximum Gasteiger partial charge on any atom is 0.410 e. The fraction of sp³-hybridized carbons (Fsp3) is 0.611. The van der Waals surface area contributed by atoms with Crippen LogP contribution in [0.3, 0.4) is 0 Å². The molecule has 0 saturated carbocycles. The molecule has 26 heavy (non-hydrogen) atoms. The van der Waals surface area contributed by atoms with Gasteiger partial charge in [0, 0.05) is 30.3 Å². The van der Waals surface area contributed by atoms with Crippen LogP contribution in [0, 0.1) is 5.92 Å². The van der Waals surface area contributed by atoms with Gasteiger partial charge in [0.2, 0.25) is 0 Å². The Bertz CT molecular complexity index is 791. The molecule has 3 heterocycles. The van der Waals surface area contributed by atoms with Gasteiger partial charge in [0.25, 0.3) is 0 Å². The monoisotopic (exact) mass is 423 g/mol. The van der Waals surface area contributed by atoms with Crippen LogP contribution in [0.2, 0.25) is 0 Å². The molecule has 0 bridgehead atoms. The third-order valence-electron chi connectivity index (χ3n) is 4.68. The molecule has 142 valence electrons. The lowest BCUT2D eigenvalue weighted by molar-refractivity contribution is 0.0180. The number of carbonyl (C=O) groups is 1. The second-order valence-corrected chi connectivity index (χ2v) is 8.68. The zero-order valence-corrected chi connectivity index (χ0v) is 17.1. The van der Waals surface area contributed by atoms with Crippen molar-refractivity contribution in [2.45, 2.75) is 52.2 Å². The first-order chi connectivity index (χ1) is 12.2. The molecule has 0 atom stereocenters. The summed E-state index contributed by atoms with van der Waals surface area (Å²) in [5, 5.41) is 0.868. The highest BCUT2D eigenvalue weighted by Crippen LogP contribution is 2.29. The van der Waals surface area contributed by atoms with Gasteiger partial charge in [-0.05, 0) is 61.9 Å². The van der Waals surface area contributed by atoms with Gasteiger partial charge in [-0.25, -0.2) is 14.8 Å². The van der Waals surface area contributed by atoms with E-state index in [0.717, 1.165) is 54.4 Å². The summed E-state index contributed by atoms with van der Waals surface area (Å²) in [6, 6.07) is 0. The standard InChI is InChI=1S/C18H26BrN5O2/c1-18(2,3)26-17(25)23-7-4-12(5-8-23)6-9-24-10-13(19)14-15(20)21-11-22-16(14)24/h10-12H,4-9H2,1-3H3,(H2,20,21,22). The summed E-state index contributed by atoms with van der Waals surface area (Å²) in [7, 11) is 0. The van der Waals surface area contributed by atoms with Crippen molar-refractivity contribution < 1.29 is 9.53 Å². The molecule has 1 aliphatic rings. The first-order valence-corrected chi connectivity index (χ1v) is 9.76. The number of nitrogens with zero attached hydrogens (tertiary/aromatic N) is 4. The number of halogens is 1. The van der Waals surface area contributed by atoms with Crippen molar-refractivity contribution in [2.24, 2.45) is 5.92 Å². The molecule has 2 N–H and O–H groups in total. The second-order valence-electron chi connectivity index (χ2n) is 7.83. The number of rotatable bonds is 3. The maximum absolute atomic E-state index is 12.1. The molecule has 3 rings (SSSR count). The van der Waals surface area contributed by atoms with Crippen molar-refractivity contribution in [2.75, 3.05) is 18.8 Å². The summed E-state index contributed by atoms with van der Waals surface area (Å²) in [6.45, 7) is 8.07. The molecule has 0 unspecified atom stereocenters. The topological polar surface area (TPSA) is 86.3 Å². The molecule has 2 aromatic heterocycles. The number of piperidine rings is 1. The Morgan fingerprint density at radius 2 is 2.04 bits per heavy atom. The Kier molecular flexibility index (Phi) is 5.41. The van der Waals surface area contributed by atoms with Crippen molar-refractivity contribution >= 4 is 38.9 Å². The number of nitrogen functional groups attached to an aromatic ring is 1. The molecule has 1 aliphatic heterocycles. The lowest BCUT2D eigenvalue weighted by Gasteiger charge is -2.33. The number of anilines is 1. The molecule has 1 amide bonds. The minimum Gasteiger partial charge on any atom is -0.444 e. The van der Waals surface area contributed by atoms with E-state index in [2.05, 4.69) is 30.5 Å². The Hall–Kier alpha value is -1.83. The number of nitrogens with two attached hydrogens (primary N) is 1. The van der Waals surface area contributed by atoms with E-state index in [1.54, 1.807) is 0 Å². The van der Waals surface area contributed by atoms with Crippen LogP contribution in [0.5, 0.6) is 0 Å². The summed E-state index contributed by atoms with van der Waals surface area (Å²) < 4.78 is 8.50. The van der Waals surface area contributed by atoms with Crippen molar-refractivity contribution in [1.29, 1.82) is 0 Å². The predicted octanol–water partition coefficient (Wildman–Crippen LogP) is 3.81. The van der Waals surface area contributed by atoms with Crippen LogP contribution >= 0.6 is 15.9 Å². The van der Waals surface area contributed by atoms with E-state index in [4.69, 9.17) is 10.5 Å². The molecular weight excluding hydrogens is 398 g/mol.